The fourth-order valence-electron chi connectivity index (χ4n) is 2.29. The standard InChI is InChI=1S/C12H18ClN3/c13-11-6-7-12(16-15-11)14-9-8-10-4-2-1-3-5-10/h6-7,10H,1-5,8-9H2,(H,14,16). The second kappa shape index (κ2) is 6.04. The lowest BCUT2D eigenvalue weighted by Gasteiger charge is -2.21. The lowest BCUT2D eigenvalue weighted by molar-refractivity contribution is 0.345. The van der Waals surface area contributed by atoms with Gasteiger partial charge in [0.25, 0.3) is 0 Å². The van der Waals surface area contributed by atoms with E-state index >= 15 is 0 Å². The van der Waals surface area contributed by atoms with Crippen LogP contribution in [0, 0.1) is 5.92 Å². The minimum absolute atomic E-state index is 0.442. The molecule has 0 atom stereocenters. The number of anilines is 1. The maximum Gasteiger partial charge on any atom is 0.151 e. The van der Waals surface area contributed by atoms with Gasteiger partial charge in [0.1, 0.15) is 5.82 Å². The van der Waals surface area contributed by atoms with Crippen molar-refractivity contribution < 1.29 is 0 Å². The quantitative estimate of drug-likeness (QED) is 0.874. The number of rotatable bonds is 4. The molecule has 1 aliphatic carbocycles. The average Bonchev–Trinajstić information content (AvgIpc) is 2.33. The van der Waals surface area contributed by atoms with Gasteiger partial charge in [0.2, 0.25) is 0 Å². The molecule has 1 aromatic rings. The highest BCUT2D eigenvalue weighted by Crippen LogP contribution is 2.26. The molecule has 1 heterocycles. The molecule has 0 aliphatic heterocycles. The first-order valence-electron chi connectivity index (χ1n) is 6.08. The van der Waals surface area contributed by atoms with Crippen molar-refractivity contribution >= 4 is 17.4 Å². The summed E-state index contributed by atoms with van der Waals surface area (Å²) in [6, 6.07) is 3.63. The minimum atomic E-state index is 0.442. The first-order valence-corrected chi connectivity index (χ1v) is 6.45. The molecule has 3 nitrogen and oxygen atoms in total. The van der Waals surface area contributed by atoms with Crippen molar-refractivity contribution in [1.29, 1.82) is 0 Å². The fourth-order valence-corrected chi connectivity index (χ4v) is 2.39. The normalized spacial score (nSPS) is 17.3. The van der Waals surface area contributed by atoms with Gasteiger partial charge in [-0.25, -0.2) is 0 Å². The maximum absolute atomic E-state index is 5.67. The fraction of sp³-hybridized carbons (Fsp3) is 0.667. The molecule has 2 rings (SSSR count). The molecule has 0 unspecified atom stereocenters. The molecule has 0 saturated heterocycles. The summed E-state index contributed by atoms with van der Waals surface area (Å²) in [5.41, 5.74) is 0. The van der Waals surface area contributed by atoms with E-state index in [4.69, 9.17) is 11.6 Å². The molecule has 0 spiro atoms. The third kappa shape index (κ3) is 3.63. The zero-order chi connectivity index (χ0) is 11.2. The number of nitrogens with zero attached hydrogens (tertiary/aromatic N) is 2. The summed E-state index contributed by atoms with van der Waals surface area (Å²) in [5, 5.41) is 11.5. The van der Waals surface area contributed by atoms with E-state index in [0.717, 1.165) is 18.3 Å². The molecule has 1 aliphatic rings. The first-order chi connectivity index (χ1) is 7.84. The molecule has 0 amide bonds. The largest absolute Gasteiger partial charge is 0.369 e. The monoisotopic (exact) mass is 239 g/mol. The zero-order valence-corrected chi connectivity index (χ0v) is 10.2. The minimum Gasteiger partial charge on any atom is -0.369 e. The molecule has 0 radical (unpaired) electrons. The molecule has 1 saturated carbocycles. The van der Waals surface area contributed by atoms with Crippen molar-refractivity contribution in [3.05, 3.63) is 17.3 Å². The first kappa shape index (κ1) is 11.6. The van der Waals surface area contributed by atoms with Gasteiger partial charge in [0.15, 0.2) is 5.15 Å². The molecular weight excluding hydrogens is 222 g/mol. The van der Waals surface area contributed by atoms with E-state index in [2.05, 4.69) is 15.5 Å². The van der Waals surface area contributed by atoms with Crippen LogP contribution in [-0.2, 0) is 0 Å². The average molecular weight is 240 g/mol. The number of halogens is 1. The SMILES string of the molecule is Clc1ccc(NCCC2CCCCC2)nn1. The van der Waals surface area contributed by atoms with Gasteiger partial charge in [-0.15, -0.1) is 10.2 Å². The highest BCUT2D eigenvalue weighted by atomic mass is 35.5. The molecule has 88 valence electrons. The van der Waals surface area contributed by atoms with Gasteiger partial charge in [-0.3, -0.25) is 0 Å². The van der Waals surface area contributed by atoms with Crippen molar-refractivity contribution in [3.8, 4) is 0 Å². The van der Waals surface area contributed by atoms with Crippen LogP contribution in [0.15, 0.2) is 12.1 Å². The summed E-state index contributed by atoms with van der Waals surface area (Å²) in [4.78, 5) is 0. The van der Waals surface area contributed by atoms with Crippen molar-refractivity contribution in [2.24, 2.45) is 5.92 Å². The van der Waals surface area contributed by atoms with Gasteiger partial charge in [-0.1, -0.05) is 43.7 Å². The van der Waals surface area contributed by atoms with Crippen LogP contribution in [0.25, 0.3) is 0 Å². The van der Waals surface area contributed by atoms with Gasteiger partial charge in [-0.2, -0.15) is 0 Å². The Hall–Kier alpha value is -0.830. The van der Waals surface area contributed by atoms with Crippen LogP contribution in [-0.4, -0.2) is 16.7 Å². The summed E-state index contributed by atoms with van der Waals surface area (Å²) in [5.74, 6) is 1.72. The summed E-state index contributed by atoms with van der Waals surface area (Å²) >= 11 is 5.67. The Morgan fingerprint density at radius 1 is 1.19 bits per heavy atom. The van der Waals surface area contributed by atoms with Crippen LogP contribution in [0.5, 0.6) is 0 Å². The van der Waals surface area contributed by atoms with Crippen LogP contribution in [0.4, 0.5) is 5.82 Å². The number of nitrogens with one attached hydrogen (secondary N) is 1. The van der Waals surface area contributed by atoms with Crippen molar-refractivity contribution in [2.45, 2.75) is 38.5 Å². The number of hydrogen-bond acceptors (Lipinski definition) is 3. The smallest absolute Gasteiger partial charge is 0.151 e. The van der Waals surface area contributed by atoms with Crippen LogP contribution >= 0.6 is 11.6 Å². The van der Waals surface area contributed by atoms with E-state index < -0.39 is 0 Å². The van der Waals surface area contributed by atoms with Crippen LogP contribution in [0.2, 0.25) is 5.15 Å². The topological polar surface area (TPSA) is 37.8 Å². The predicted molar refractivity (Wildman–Crippen MR) is 66.7 cm³/mol. The summed E-state index contributed by atoms with van der Waals surface area (Å²) in [7, 11) is 0. The van der Waals surface area contributed by atoms with Gasteiger partial charge < -0.3 is 5.32 Å². The van der Waals surface area contributed by atoms with Gasteiger partial charge in [0.05, 0.1) is 0 Å². The Morgan fingerprint density at radius 2 is 2.00 bits per heavy atom. The molecule has 1 fully saturated rings. The highest BCUT2D eigenvalue weighted by molar-refractivity contribution is 6.29. The van der Waals surface area contributed by atoms with E-state index in [1.165, 1.54) is 38.5 Å². The maximum atomic E-state index is 5.67. The molecule has 0 aromatic carbocycles. The third-order valence-corrected chi connectivity index (χ3v) is 3.42. The van der Waals surface area contributed by atoms with E-state index in [9.17, 15) is 0 Å². The molecule has 1 N–H and O–H groups in total. The Kier molecular flexibility index (Phi) is 4.40. The van der Waals surface area contributed by atoms with E-state index in [1.807, 2.05) is 6.07 Å². The van der Waals surface area contributed by atoms with Crippen molar-refractivity contribution in [2.75, 3.05) is 11.9 Å². The molecule has 1 aromatic heterocycles. The van der Waals surface area contributed by atoms with Crippen LogP contribution in [0.1, 0.15) is 38.5 Å². The Bertz CT molecular complexity index is 307. The van der Waals surface area contributed by atoms with E-state index in [0.29, 0.717) is 5.15 Å². The van der Waals surface area contributed by atoms with Gasteiger partial charge in [-0.05, 0) is 24.5 Å². The molecule has 4 heteroatoms. The number of hydrogen-bond donors (Lipinski definition) is 1. The lowest BCUT2D eigenvalue weighted by Crippen LogP contribution is -2.12. The Balaban J connectivity index is 1.69. The van der Waals surface area contributed by atoms with E-state index in [1.54, 1.807) is 6.07 Å². The second-order valence-corrected chi connectivity index (χ2v) is 4.85. The summed E-state index contributed by atoms with van der Waals surface area (Å²) in [6.45, 7) is 0.987. The Morgan fingerprint density at radius 3 is 2.69 bits per heavy atom. The van der Waals surface area contributed by atoms with Crippen LogP contribution < -0.4 is 5.32 Å². The molecular formula is C12H18ClN3. The van der Waals surface area contributed by atoms with Crippen molar-refractivity contribution in [1.82, 2.24) is 10.2 Å². The zero-order valence-electron chi connectivity index (χ0n) is 9.45. The van der Waals surface area contributed by atoms with Gasteiger partial charge in [0, 0.05) is 6.54 Å². The van der Waals surface area contributed by atoms with E-state index in [-0.39, 0.29) is 0 Å². The third-order valence-electron chi connectivity index (χ3n) is 3.22. The van der Waals surface area contributed by atoms with Gasteiger partial charge >= 0.3 is 0 Å². The van der Waals surface area contributed by atoms with Crippen LogP contribution in [0.3, 0.4) is 0 Å². The molecule has 0 bridgehead atoms. The van der Waals surface area contributed by atoms with Crippen molar-refractivity contribution in [3.63, 3.8) is 0 Å². The Labute approximate surface area is 102 Å². The highest BCUT2D eigenvalue weighted by Gasteiger charge is 2.12. The predicted octanol–water partition coefficient (Wildman–Crippen LogP) is 3.51. The summed E-state index contributed by atoms with van der Waals surface area (Å²) < 4.78 is 0. The second-order valence-electron chi connectivity index (χ2n) is 4.46. The summed E-state index contributed by atoms with van der Waals surface area (Å²) in [6.07, 6.45) is 8.27. The molecule has 16 heavy (non-hydrogen) atoms. The number of aromatic nitrogens is 2. The lowest BCUT2D eigenvalue weighted by atomic mass is 9.87.